The molecule has 0 saturated heterocycles. The van der Waals surface area contributed by atoms with Crippen LogP contribution in [0.4, 0.5) is 18.9 Å². The van der Waals surface area contributed by atoms with Gasteiger partial charge in [0, 0.05) is 11.3 Å². The van der Waals surface area contributed by atoms with Crippen LogP contribution >= 0.6 is 11.8 Å². The summed E-state index contributed by atoms with van der Waals surface area (Å²) in [5, 5.41) is 10.4. The third kappa shape index (κ3) is 5.81. The van der Waals surface area contributed by atoms with Crippen molar-refractivity contribution in [3.63, 3.8) is 0 Å². The Balaban J connectivity index is 1.62. The molecule has 1 aromatic heterocycles. The van der Waals surface area contributed by atoms with Gasteiger partial charge in [0.1, 0.15) is 11.5 Å². The molecule has 2 aromatic carbocycles. The summed E-state index contributed by atoms with van der Waals surface area (Å²) in [5.74, 6) is 6.41. The molecule has 12 heteroatoms. The molecule has 0 aliphatic rings. The molecule has 3 rings (SSSR count). The van der Waals surface area contributed by atoms with Crippen molar-refractivity contribution in [2.45, 2.75) is 23.7 Å². The lowest BCUT2D eigenvalue weighted by atomic mass is 10.2. The zero-order chi connectivity index (χ0) is 22.6. The average molecular weight is 453 g/mol. The Kier molecular flexibility index (Phi) is 6.59. The molecule has 0 radical (unpaired) electrons. The van der Waals surface area contributed by atoms with E-state index in [0.717, 1.165) is 29.5 Å². The van der Waals surface area contributed by atoms with Crippen molar-refractivity contribution in [2.24, 2.45) is 0 Å². The van der Waals surface area contributed by atoms with Gasteiger partial charge in [0.25, 0.3) is 0 Å². The summed E-state index contributed by atoms with van der Waals surface area (Å²) >= 11 is 1.09. The largest absolute Gasteiger partial charge is 0.573 e. The topological polar surface area (TPSA) is 104 Å². The third-order valence-electron chi connectivity index (χ3n) is 4.02. The maximum absolute atomic E-state index is 12.4. The van der Waals surface area contributed by atoms with E-state index in [1.807, 2.05) is 0 Å². The number of nitrogen functional groups attached to an aromatic ring is 1. The number of thioether (sulfide) groups is 1. The first-order valence-corrected chi connectivity index (χ1v) is 9.72. The van der Waals surface area contributed by atoms with E-state index in [1.54, 1.807) is 38.3 Å². The SMILES string of the molecule is COc1ccc(-c2nnc(S[C@H](C)C(=O)Nc3ccc(OC(F)(F)F)cc3)n2N)cc1. The number of nitrogens with one attached hydrogen (secondary N) is 1. The van der Waals surface area contributed by atoms with Crippen molar-refractivity contribution < 1.29 is 27.4 Å². The van der Waals surface area contributed by atoms with E-state index in [4.69, 9.17) is 10.6 Å². The van der Waals surface area contributed by atoms with E-state index < -0.39 is 11.6 Å². The molecule has 1 heterocycles. The van der Waals surface area contributed by atoms with Crippen molar-refractivity contribution >= 4 is 23.4 Å². The van der Waals surface area contributed by atoms with Crippen LogP contribution in [0.15, 0.2) is 53.7 Å². The van der Waals surface area contributed by atoms with Gasteiger partial charge in [-0.2, -0.15) is 0 Å². The minimum Gasteiger partial charge on any atom is -0.497 e. The summed E-state index contributed by atoms with van der Waals surface area (Å²) in [5.41, 5.74) is 1.04. The van der Waals surface area contributed by atoms with Crippen LogP contribution in [0.5, 0.6) is 11.5 Å². The summed E-state index contributed by atoms with van der Waals surface area (Å²) in [6.45, 7) is 1.64. The maximum Gasteiger partial charge on any atom is 0.573 e. The molecule has 3 N–H and O–H groups in total. The summed E-state index contributed by atoms with van der Waals surface area (Å²) in [4.78, 5) is 12.4. The summed E-state index contributed by atoms with van der Waals surface area (Å²) in [6.07, 6.45) is -4.78. The second-order valence-corrected chi connectivity index (χ2v) is 7.53. The predicted molar refractivity (Wildman–Crippen MR) is 109 cm³/mol. The van der Waals surface area contributed by atoms with Crippen LogP contribution in [-0.2, 0) is 4.79 Å². The fraction of sp³-hybridized carbons (Fsp3) is 0.211. The fourth-order valence-electron chi connectivity index (χ4n) is 2.49. The Morgan fingerprint density at radius 2 is 1.71 bits per heavy atom. The van der Waals surface area contributed by atoms with Crippen LogP contribution in [0, 0.1) is 0 Å². The second kappa shape index (κ2) is 9.16. The zero-order valence-corrected chi connectivity index (χ0v) is 17.2. The van der Waals surface area contributed by atoms with Crippen LogP contribution in [0.1, 0.15) is 6.92 Å². The number of halogens is 3. The fourth-order valence-corrected chi connectivity index (χ4v) is 3.26. The monoisotopic (exact) mass is 453 g/mol. The van der Waals surface area contributed by atoms with Crippen LogP contribution in [0.2, 0.25) is 0 Å². The Hall–Kier alpha value is -3.41. The first-order chi connectivity index (χ1) is 14.7. The van der Waals surface area contributed by atoms with Gasteiger partial charge in [-0.05, 0) is 55.5 Å². The Bertz CT molecular complexity index is 1040. The average Bonchev–Trinajstić information content (AvgIpc) is 3.08. The molecule has 0 aliphatic carbocycles. The third-order valence-corrected chi connectivity index (χ3v) is 5.08. The number of anilines is 1. The maximum atomic E-state index is 12.4. The highest BCUT2D eigenvalue weighted by molar-refractivity contribution is 8.00. The molecule has 31 heavy (non-hydrogen) atoms. The number of hydrogen-bond acceptors (Lipinski definition) is 7. The Morgan fingerprint density at radius 1 is 1.10 bits per heavy atom. The number of aromatic nitrogens is 3. The highest BCUT2D eigenvalue weighted by Crippen LogP contribution is 2.27. The van der Waals surface area contributed by atoms with Crippen molar-refractivity contribution in [1.82, 2.24) is 14.9 Å². The van der Waals surface area contributed by atoms with Gasteiger partial charge in [0.15, 0.2) is 5.82 Å². The number of carbonyl (C=O) groups excluding carboxylic acids is 1. The van der Waals surface area contributed by atoms with Gasteiger partial charge in [0.05, 0.1) is 12.4 Å². The molecule has 3 aromatic rings. The van der Waals surface area contributed by atoms with Crippen LogP contribution in [0.3, 0.4) is 0 Å². The smallest absolute Gasteiger partial charge is 0.497 e. The van der Waals surface area contributed by atoms with Gasteiger partial charge in [-0.3, -0.25) is 4.79 Å². The van der Waals surface area contributed by atoms with E-state index in [2.05, 4.69) is 20.3 Å². The lowest BCUT2D eigenvalue weighted by Crippen LogP contribution is -2.23. The van der Waals surface area contributed by atoms with E-state index >= 15 is 0 Å². The number of nitrogens with zero attached hydrogens (tertiary/aromatic N) is 3. The standard InChI is InChI=1S/C19H18F3N5O3S/c1-11(17(28)24-13-5-9-15(10-6-13)30-19(20,21)22)31-18-26-25-16(27(18)23)12-3-7-14(29-2)8-4-12/h3-11H,23H2,1-2H3,(H,24,28)/t11-/m1/s1. The molecule has 0 unspecified atom stereocenters. The lowest BCUT2D eigenvalue weighted by Gasteiger charge is -2.13. The van der Waals surface area contributed by atoms with Crippen LogP contribution < -0.4 is 20.6 Å². The van der Waals surface area contributed by atoms with Crippen molar-refractivity contribution in [1.29, 1.82) is 0 Å². The van der Waals surface area contributed by atoms with Gasteiger partial charge in [-0.15, -0.1) is 23.4 Å². The number of amides is 1. The van der Waals surface area contributed by atoms with E-state index in [-0.39, 0.29) is 11.7 Å². The van der Waals surface area contributed by atoms with Crippen molar-refractivity contribution in [3.8, 4) is 22.9 Å². The minimum atomic E-state index is -4.78. The minimum absolute atomic E-state index is 0.320. The highest BCUT2D eigenvalue weighted by Gasteiger charge is 2.31. The molecule has 1 amide bonds. The number of benzene rings is 2. The van der Waals surface area contributed by atoms with E-state index in [1.165, 1.54) is 16.8 Å². The number of carbonyl (C=O) groups is 1. The molecule has 0 saturated carbocycles. The molecule has 164 valence electrons. The van der Waals surface area contributed by atoms with Gasteiger partial charge in [-0.25, -0.2) is 4.68 Å². The summed E-state index contributed by atoms with van der Waals surface area (Å²) in [7, 11) is 1.56. The summed E-state index contributed by atoms with van der Waals surface area (Å²) < 4.78 is 46.8. The molecule has 0 spiro atoms. The first-order valence-electron chi connectivity index (χ1n) is 8.84. The molecular weight excluding hydrogens is 435 g/mol. The highest BCUT2D eigenvalue weighted by atomic mass is 32.2. The van der Waals surface area contributed by atoms with E-state index in [9.17, 15) is 18.0 Å². The molecule has 0 bridgehead atoms. The zero-order valence-electron chi connectivity index (χ0n) is 16.4. The van der Waals surface area contributed by atoms with Crippen molar-refractivity contribution in [2.75, 3.05) is 18.3 Å². The number of ether oxygens (including phenoxy) is 2. The number of methoxy groups -OCH3 is 1. The van der Waals surface area contributed by atoms with Crippen molar-refractivity contribution in [3.05, 3.63) is 48.5 Å². The number of hydrogen-bond donors (Lipinski definition) is 2. The normalized spacial score (nSPS) is 12.3. The molecule has 1 atom stereocenters. The number of rotatable bonds is 7. The summed E-state index contributed by atoms with van der Waals surface area (Å²) in [6, 6.07) is 11.9. The van der Waals surface area contributed by atoms with Gasteiger partial charge in [0.2, 0.25) is 11.1 Å². The van der Waals surface area contributed by atoms with Crippen LogP contribution in [0.25, 0.3) is 11.4 Å². The first kappa shape index (κ1) is 22.3. The second-order valence-electron chi connectivity index (χ2n) is 6.23. The quantitative estimate of drug-likeness (QED) is 0.415. The molecule has 0 aliphatic heterocycles. The van der Waals surface area contributed by atoms with Crippen LogP contribution in [-0.4, -0.2) is 39.5 Å². The van der Waals surface area contributed by atoms with E-state index in [0.29, 0.717) is 22.4 Å². The Labute approximate surface area is 179 Å². The number of alkyl halides is 3. The molecular formula is C19H18F3N5O3S. The van der Waals surface area contributed by atoms with Gasteiger partial charge >= 0.3 is 6.36 Å². The molecule has 0 fully saturated rings. The van der Waals surface area contributed by atoms with Gasteiger partial charge < -0.3 is 20.6 Å². The lowest BCUT2D eigenvalue weighted by molar-refractivity contribution is -0.274. The molecule has 8 nitrogen and oxygen atoms in total. The number of nitrogens with two attached hydrogens (primary N) is 1. The Morgan fingerprint density at radius 3 is 2.29 bits per heavy atom. The van der Waals surface area contributed by atoms with Gasteiger partial charge in [-0.1, -0.05) is 11.8 Å². The predicted octanol–water partition coefficient (Wildman–Crippen LogP) is 3.69.